The van der Waals surface area contributed by atoms with E-state index in [0.29, 0.717) is 30.8 Å². The molecule has 0 aromatic heterocycles. The number of hydrogen-bond acceptors (Lipinski definition) is 4. The Balaban J connectivity index is 1.62. The maximum atomic E-state index is 13.1. The zero-order valence-corrected chi connectivity index (χ0v) is 19.5. The number of nitrogens with one attached hydrogen (secondary N) is 1. The number of rotatable bonds is 7. The van der Waals surface area contributed by atoms with Crippen LogP contribution in [-0.2, 0) is 14.8 Å². The van der Waals surface area contributed by atoms with Crippen molar-refractivity contribution in [3.05, 3.63) is 59.2 Å². The second-order valence-corrected chi connectivity index (χ2v) is 10.1. The molecule has 2 aromatic rings. The number of methoxy groups -OCH3 is 1. The first-order valence-corrected chi connectivity index (χ1v) is 12.2. The Kier molecular flexibility index (Phi) is 7.38. The van der Waals surface area contributed by atoms with Gasteiger partial charge in [-0.1, -0.05) is 36.8 Å². The summed E-state index contributed by atoms with van der Waals surface area (Å²) in [6.07, 6.45) is 1.82. The molecule has 6 nitrogen and oxygen atoms in total. The van der Waals surface area contributed by atoms with Crippen LogP contribution >= 0.6 is 0 Å². The third-order valence-corrected chi connectivity index (χ3v) is 8.07. The van der Waals surface area contributed by atoms with E-state index in [1.54, 1.807) is 13.2 Å². The maximum Gasteiger partial charge on any atom is 0.243 e. The zero-order chi connectivity index (χ0) is 22.6. The van der Waals surface area contributed by atoms with Gasteiger partial charge in [-0.25, -0.2) is 8.42 Å². The minimum Gasteiger partial charge on any atom is -0.497 e. The lowest BCUT2D eigenvalue weighted by Crippen LogP contribution is -2.43. The number of ether oxygens (including phenoxy) is 1. The van der Waals surface area contributed by atoms with Crippen molar-refractivity contribution in [2.24, 2.45) is 5.92 Å². The van der Waals surface area contributed by atoms with Crippen molar-refractivity contribution < 1.29 is 17.9 Å². The summed E-state index contributed by atoms with van der Waals surface area (Å²) in [5.41, 5.74) is 2.82. The van der Waals surface area contributed by atoms with E-state index in [4.69, 9.17) is 4.74 Å². The fraction of sp³-hybridized carbons (Fsp3) is 0.458. The van der Waals surface area contributed by atoms with Crippen LogP contribution in [0.4, 0.5) is 0 Å². The molecule has 1 heterocycles. The molecule has 168 valence electrons. The normalized spacial score (nSPS) is 16.6. The van der Waals surface area contributed by atoms with E-state index in [9.17, 15) is 13.2 Å². The molecule has 0 aliphatic carbocycles. The number of carbonyl (C=O) groups is 1. The van der Waals surface area contributed by atoms with Crippen molar-refractivity contribution in [3.8, 4) is 5.75 Å². The lowest BCUT2D eigenvalue weighted by molar-refractivity contribution is -0.126. The SMILES string of the molecule is CCC(NC(=O)C1CCN(S(=O)(=O)c2ccc(C)cc2C)CC1)c1ccc(OC)cc1. The minimum atomic E-state index is -3.55. The second kappa shape index (κ2) is 9.83. The van der Waals surface area contributed by atoms with E-state index in [-0.39, 0.29) is 17.9 Å². The van der Waals surface area contributed by atoms with Gasteiger partial charge in [-0.3, -0.25) is 4.79 Å². The number of piperidine rings is 1. The van der Waals surface area contributed by atoms with Gasteiger partial charge in [-0.15, -0.1) is 0 Å². The van der Waals surface area contributed by atoms with Gasteiger partial charge in [0.05, 0.1) is 18.0 Å². The molecule has 7 heteroatoms. The molecule has 1 amide bonds. The first-order chi connectivity index (χ1) is 14.8. The number of benzene rings is 2. The van der Waals surface area contributed by atoms with E-state index in [1.807, 2.05) is 57.2 Å². The van der Waals surface area contributed by atoms with E-state index >= 15 is 0 Å². The van der Waals surface area contributed by atoms with Gasteiger partial charge in [0.25, 0.3) is 0 Å². The molecule has 1 aliphatic heterocycles. The Morgan fingerprint density at radius 3 is 2.32 bits per heavy atom. The van der Waals surface area contributed by atoms with Crippen LogP contribution in [0.3, 0.4) is 0 Å². The zero-order valence-electron chi connectivity index (χ0n) is 18.7. The monoisotopic (exact) mass is 444 g/mol. The van der Waals surface area contributed by atoms with Gasteiger partial charge in [0.1, 0.15) is 5.75 Å². The van der Waals surface area contributed by atoms with E-state index in [1.165, 1.54) is 4.31 Å². The Morgan fingerprint density at radius 2 is 1.77 bits per heavy atom. The van der Waals surface area contributed by atoms with E-state index in [0.717, 1.165) is 28.9 Å². The smallest absolute Gasteiger partial charge is 0.243 e. The van der Waals surface area contributed by atoms with Gasteiger partial charge in [-0.05, 0) is 62.4 Å². The highest BCUT2D eigenvalue weighted by Gasteiger charge is 2.33. The first kappa shape index (κ1) is 23.3. The summed E-state index contributed by atoms with van der Waals surface area (Å²) >= 11 is 0. The van der Waals surface area contributed by atoms with Crippen LogP contribution < -0.4 is 10.1 Å². The number of amides is 1. The molecule has 0 bridgehead atoms. The van der Waals surface area contributed by atoms with Crippen LogP contribution in [0.1, 0.15) is 48.9 Å². The quantitative estimate of drug-likeness (QED) is 0.701. The molecule has 1 N–H and O–H groups in total. The minimum absolute atomic E-state index is 0.00812. The molecule has 2 aromatic carbocycles. The molecule has 1 fully saturated rings. The van der Waals surface area contributed by atoms with Gasteiger partial charge in [0.2, 0.25) is 15.9 Å². The van der Waals surface area contributed by atoms with Crippen LogP contribution in [0.25, 0.3) is 0 Å². The first-order valence-electron chi connectivity index (χ1n) is 10.8. The summed E-state index contributed by atoms with van der Waals surface area (Å²) < 4.78 is 32.9. The number of sulfonamides is 1. The Labute approximate surface area is 185 Å². The van der Waals surface area contributed by atoms with Gasteiger partial charge in [0, 0.05) is 19.0 Å². The Hall–Kier alpha value is -2.38. The third kappa shape index (κ3) is 5.28. The highest BCUT2D eigenvalue weighted by molar-refractivity contribution is 7.89. The van der Waals surface area contributed by atoms with Crippen LogP contribution in [0, 0.1) is 19.8 Å². The van der Waals surface area contributed by atoms with Crippen molar-refractivity contribution in [1.29, 1.82) is 0 Å². The molecule has 1 saturated heterocycles. The highest BCUT2D eigenvalue weighted by atomic mass is 32.2. The van der Waals surface area contributed by atoms with E-state index < -0.39 is 10.0 Å². The van der Waals surface area contributed by atoms with Gasteiger partial charge in [-0.2, -0.15) is 4.31 Å². The molecule has 3 rings (SSSR count). The van der Waals surface area contributed by atoms with Crippen molar-refractivity contribution in [1.82, 2.24) is 9.62 Å². The summed E-state index contributed by atoms with van der Waals surface area (Å²) in [4.78, 5) is 13.2. The summed E-state index contributed by atoms with van der Waals surface area (Å²) in [6.45, 7) is 6.52. The van der Waals surface area contributed by atoms with Gasteiger partial charge >= 0.3 is 0 Å². The van der Waals surface area contributed by atoms with Crippen LogP contribution in [0.5, 0.6) is 5.75 Å². The second-order valence-electron chi connectivity index (χ2n) is 8.19. The fourth-order valence-electron chi connectivity index (χ4n) is 4.13. The molecule has 31 heavy (non-hydrogen) atoms. The number of nitrogens with zero attached hydrogens (tertiary/aromatic N) is 1. The van der Waals surface area contributed by atoms with Crippen LogP contribution in [0.2, 0.25) is 0 Å². The third-order valence-electron chi connectivity index (χ3n) is 6.02. The predicted octanol–water partition coefficient (Wildman–Crippen LogP) is 3.98. The maximum absolute atomic E-state index is 13.1. The number of carbonyl (C=O) groups excluding carboxylic acids is 1. The van der Waals surface area contributed by atoms with Crippen molar-refractivity contribution >= 4 is 15.9 Å². The summed E-state index contributed by atoms with van der Waals surface area (Å²) in [7, 11) is -1.92. The standard InChI is InChI=1S/C24H32N2O4S/c1-5-22(19-7-9-21(30-4)10-8-19)25-24(27)20-12-14-26(15-13-20)31(28,29)23-11-6-17(2)16-18(23)3/h6-11,16,20,22H,5,12-15H2,1-4H3,(H,25,27). The van der Waals surface area contributed by atoms with Crippen molar-refractivity contribution in [2.45, 2.75) is 51.0 Å². The van der Waals surface area contributed by atoms with Crippen molar-refractivity contribution in [2.75, 3.05) is 20.2 Å². The average molecular weight is 445 g/mol. The topological polar surface area (TPSA) is 75.7 Å². The summed E-state index contributed by atoms with van der Waals surface area (Å²) in [6, 6.07) is 13.0. The highest BCUT2D eigenvalue weighted by Crippen LogP contribution is 2.27. The predicted molar refractivity (Wildman–Crippen MR) is 122 cm³/mol. The lowest BCUT2D eigenvalue weighted by atomic mass is 9.95. The van der Waals surface area contributed by atoms with Crippen LogP contribution in [-0.4, -0.2) is 38.8 Å². The Bertz CT molecular complexity index is 1010. The number of hydrogen-bond donors (Lipinski definition) is 1. The molecule has 1 unspecified atom stereocenters. The summed E-state index contributed by atoms with van der Waals surface area (Å²) in [5.74, 6) is 0.589. The Morgan fingerprint density at radius 1 is 1.13 bits per heavy atom. The van der Waals surface area contributed by atoms with Crippen molar-refractivity contribution in [3.63, 3.8) is 0 Å². The molecule has 0 spiro atoms. The van der Waals surface area contributed by atoms with Crippen LogP contribution in [0.15, 0.2) is 47.4 Å². The van der Waals surface area contributed by atoms with Gasteiger partial charge < -0.3 is 10.1 Å². The molecular formula is C24H32N2O4S. The molecule has 0 saturated carbocycles. The molecular weight excluding hydrogens is 412 g/mol. The molecule has 0 radical (unpaired) electrons. The van der Waals surface area contributed by atoms with E-state index in [2.05, 4.69) is 5.32 Å². The molecule has 1 aliphatic rings. The largest absolute Gasteiger partial charge is 0.497 e. The van der Waals surface area contributed by atoms with Gasteiger partial charge in [0.15, 0.2) is 0 Å². The number of aryl methyl sites for hydroxylation is 2. The lowest BCUT2D eigenvalue weighted by Gasteiger charge is -2.32. The summed E-state index contributed by atoms with van der Waals surface area (Å²) in [5, 5.41) is 3.14. The average Bonchev–Trinajstić information content (AvgIpc) is 2.77. The molecule has 1 atom stereocenters. The fourth-order valence-corrected chi connectivity index (χ4v) is 5.81.